The van der Waals surface area contributed by atoms with Gasteiger partial charge in [0.2, 0.25) is 11.9 Å². The largest absolute Gasteiger partial charge is 0.481 e. The number of H-pyrrole nitrogens is 2. The van der Waals surface area contributed by atoms with E-state index in [0.717, 1.165) is 0 Å². The Labute approximate surface area is 361 Å². The second-order valence-electron chi connectivity index (χ2n) is 14.3. The number of rotatable bonds is 18. The maximum Gasteiger partial charge on any atom is 0.326 e. The summed E-state index contributed by atoms with van der Waals surface area (Å²) in [5, 5.41) is 59.1. The van der Waals surface area contributed by atoms with Crippen molar-refractivity contribution in [2.24, 2.45) is 0 Å². The van der Waals surface area contributed by atoms with E-state index in [1.165, 1.54) is 24.3 Å². The first-order chi connectivity index (χ1) is 30.4. The van der Waals surface area contributed by atoms with Crippen LogP contribution in [-0.4, -0.2) is 126 Å². The van der Waals surface area contributed by atoms with Gasteiger partial charge in [-0.15, -0.1) is 0 Å². The molecule has 0 saturated heterocycles. The Hall–Kier alpha value is -8.58. The van der Waals surface area contributed by atoms with Gasteiger partial charge in [0.25, 0.3) is 22.9 Å². The first-order valence-corrected chi connectivity index (χ1v) is 19.4. The van der Waals surface area contributed by atoms with Crippen LogP contribution in [0.3, 0.4) is 0 Å². The van der Waals surface area contributed by atoms with E-state index in [9.17, 15) is 38.4 Å². The highest BCUT2D eigenvalue weighted by Crippen LogP contribution is 2.22. The van der Waals surface area contributed by atoms with Gasteiger partial charge < -0.3 is 84.4 Å². The summed E-state index contributed by atoms with van der Waals surface area (Å²) in [5.74, 6) is -5.09. The smallest absolute Gasteiger partial charge is 0.326 e. The van der Waals surface area contributed by atoms with Crippen LogP contribution < -0.4 is 65.1 Å². The van der Waals surface area contributed by atoms with Gasteiger partial charge in [0.1, 0.15) is 35.1 Å². The molecule has 4 atom stereocenters. The summed E-state index contributed by atoms with van der Waals surface area (Å²) in [4.78, 5) is 105. The number of aromatic nitrogens is 4. The number of benzene rings is 2. The molecular formula is C38H46N14O12. The monoisotopic (exact) mass is 890 g/mol. The van der Waals surface area contributed by atoms with Crippen molar-refractivity contribution in [1.29, 1.82) is 0 Å². The molecule has 6 rings (SSSR count). The zero-order valence-electron chi connectivity index (χ0n) is 33.7. The maximum absolute atomic E-state index is 12.3. The third-order valence-corrected chi connectivity index (χ3v) is 9.53. The number of nitrogen functional groups attached to an aromatic ring is 2. The van der Waals surface area contributed by atoms with E-state index in [1.54, 1.807) is 24.3 Å². The number of aromatic amines is 2. The van der Waals surface area contributed by atoms with Gasteiger partial charge in [0.15, 0.2) is 0 Å². The van der Waals surface area contributed by atoms with Gasteiger partial charge in [0, 0.05) is 61.5 Å². The number of carboxylic acids is 4. The number of nitrogens with two attached hydrogens (primary N) is 2. The molecule has 4 aromatic rings. The van der Waals surface area contributed by atoms with Crippen molar-refractivity contribution >= 4 is 82.0 Å². The van der Waals surface area contributed by atoms with Crippen molar-refractivity contribution in [3.8, 4) is 0 Å². The molecule has 340 valence electrons. The van der Waals surface area contributed by atoms with E-state index in [1.807, 2.05) is 0 Å². The summed E-state index contributed by atoms with van der Waals surface area (Å²) in [7, 11) is 0. The zero-order chi connectivity index (χ0) is 46.5. The van der Waals surface area contributed by atoms with Gasteiger partial charge in [-0.25, -0.2) is 9.59 Å². The number of hydrogen-bond acceptors (Lipinski definition) is 18. The Morgan fingerprint density at radius 3 is 1.30 bits per heavy atom. The number of amides is 2. The molecule has 2 aromatic heterocycles. The topological polar surface area (TPSA) is 423 Å². The summed E-state index contributed by atoms with van der Waals surface area (Å²) >= 11 is 0. The first kappa shape index (κ1) is 46.5. The van der Waals surface area contributed by atoms with Crippen molar-refractivity contribution in [3.63, 3.8) is 0 Å². The highest BCUT2D eigenvalue weighted by molar-refractivity contribution is 5.97. The molecule has 2 aliphatic heterocycles. The van der Waals surface area contributed by atoms with E-state index in [2.05, 4.69) is 62.5 Å². The molecule has 64 heavy (non-hydrogen) atoms. The van der Waals surface area contributed by atoms with Crippen LogP contribution in [0.4, 0.5) is 46.3 Å². The summed E-state index contributed by atoms with van der Waals surface area (Å²) in [5.41, 5.74) is 12.6. The fraction of sp³-hybridized carbons (Fsp3) is 0.316. The predicted molar refractivity (Wildman–Crippen MR) is 232 cm³/mol. The lowest BCUT2D eigenvalue weighted by atomic mass is 10.1. The maximum atomic E-state index is 12.3. The highest BCUT2D eigenvalue weighted by atomic mass is 16.4. The molecule has 2 aliphatic rings. The molecule has 2 aromatic carbocycles. The Morgan fingerprint density at radius 1 is 0.609 bits per heavy atom. The van der Waals surface area contributed by atoms with Gasteiger partial charge in [0.05, 0.1) is 12.1 Å². The molecular weight excluding hydrogens is 845 g/mol. The molecule has 0 aliphatic carbocycles. The lowest BCUT2D eigenvalue weighted by Gasteiger charge is -2.27. The standard InChI is InChI=1S/2C19H23N7O6/c2*20-19-25-15-14(17(30)26-19)23-11(8-22-15)7-21-10-3-1-9(2-4-10)16(29)24-12(18(31)32)5-6-13(27)28/h2*1-4,11-12,21,23H,5-8H2,(H,24,29)(H,27,28)(H,31,32)(H4,20,22,25,26,30)/t2*11?,12-/m00/s1. The van der Waals surface area contributed by atoms with Gasteiger partial charge in [-0.3, -0.25) is 28.8 Å². The number of carbonyl (C=O) groups excluding carboxylic acids is 2. The second-order valence-corrected chi connectivity index (χ2v) is 14.3. The Balaban J connectivity index is 0.000000241. The number of hydrogen-bond donors (Lipinski definition) is 16. The summed E-state index contributed by atoms with van der Waals surface area (Å²) in [6.45, 7) is 1.95. The molecule has 0 bridgehead atoms. The number of nitrogens with zero attached hydrogens (tertiary/aromatic N) is 2. The molecule has 0 fully saturated rings. The fourth-order valence-corrected chi connectivity index (χ4v) is 6.22. The molecule has 0 saturated carbocycles. The fourth-order valence-electron chi connectivity index (χ4n) is 6.22. The van der Waals surface area contributed by atoms with Crippen LogP contribution in [0.5, 0.6) is 0 Å². The first-order valence-electron chi connectivity index (χ1n) is 19.4. The number of carboxylic acid groups (broad SMARTS) is 4. The highest BCUT2D eigenvalue weighted by Gasteiger charge is 2.25. The van der Waals surface area contributed by atoms with Crippen LogP contribution in [0.15, 0.2) is 58.1 Å². The van der Waals surface area contributed by atoms with Crippen molar-refractivity contribution in [2.45, 2.75) is 49.9 Å². The zero-order valence-corrected chi connectivity index (χ0v) is 33.7. The molecule has 0 radical (unpaired) electrons. The van der Waals surface area contributed by atoms with Crippen LogP contribution in [0.1, 0.15) is 46.4 Å². The van der Waals surface area contributed by atoms with Crippen molar-refractivity contribution in [3.05, 3.63) is 80.4 Å². The van der Waals surface area contributed by atoms with E-state index in [0.29, 0.717) is 60.6 Å². The molecule has 26 heteroatoms. The SMILES string of the molecule is Nc1nc(=O)c2c([nH]1)NCC(CNc1ccc(C(=O)N[C@@H](CCC(=O)O)C(=O)O)cc1)N2.Nc1nc(=O)c2c([nH]1)NCC(CNc1ccc(C(=O)N[C@@H](CCC(=O)O)C(=O)O)cc1)N2. The number of anilines is 8. The average Bonchev–Trinajstić information content (AvgIpc) is 3.25. The van der Waals surface area contributed by atoms with Gasteiger partial charge >= 0.3 is 23.9 Å². The van der Waals surface area contributed by atoms with Gasteiger partial charge in [-0.2, -0.15) is 9.97 Å². The number of carbonyl (C=O) groups is 6. The van der Waals surface area contributed by atoms with Crippen LogP contribution in [0.25, 0.3) is 0 Å². The lowest BCUT2D eigenvalue weighted by Crippen LogP contribution is -2.41. The Bertz CT molecular complexity index is 2310. The van der Waals surface area contributed by atoms with Crippen molar-refractivity contribution < 1.29 is 49.2 Å². The number of aliphatic carboxylic acids is 4. The third-order valence-electron chi connectivity index (χ3n) is 9.53. The summed E-state index contributed by atoms with van der Waals surface area (Å²) in [6.07, 6.45) is -1.17. The van der Waals surface area contributed by atoms with Crippen molar-refractivity contribution in [1.82, 2.24) is 30.6 Å². The van der Waals surface area contributed by atoms with Crippen LogP contribution >= 0.6 is 0 Å². The van der Waals surface area contributed by atoms with Crippen LogP contribution in [0.2, 0.25) is 0 Å². The van der Waals surface area contributed by atoms with Crippen LogP contribution in [0, 0.1) is 0 Å². The van der Waals surface area contributed by atoms with Crippen LogP contribution in [-0.2, 0) is 19.2 Å². The summed E-state index contributed by atoms with van der Waals surface area (Å²) in [6, 6.07) is 9.87. The molecule has 2 amide bonds. The van der Waals surface area contributed by atoms with E-state index >= 15 is 0 Å². The third kappa shape index (κ3) is 13.2. The predicted octanol–water partition coefficient (Wildman–Crippen LogP) is -0.564. The van der Waals surface area contributed by atoms with Gasteiger partial charge in [-0.05, 0) is 61.4 Å². The second kappa shape index (κ2) is 21.3. The molecule has 2 unspecified atom stereocenters. The van der Waals surface area contributed by atoms with E-state index in [4.69, 9.17) is 31.9 Å². The average molecular weight is 891 g/mol. The Morgan fingerprint density at radius 2 is 0.969 bits per heavy atom. The van der Waals surface area contributed by atoms with Crippen molar-refractivity contribution in [2.75, 3.05) is 69.5 Å². The molecule has 4 heterocycles. The minimum atomic E-state index is -1.30. The molecule has 0 spiro atoms. The van der Waals surface area contributed by atoms with Gasteiger partial charge in [-0.1, -0.05) is 0 Å². The minimum absolute atomic E-state index is 0.0281. The van der Waals surface area contributed by atoms with E-state index < -0.39 is 58.9 Å². The quantitative estimate of drug-likeness (QED) is 0.0595. The number of nitrogens with one attached hydrogen (secondary N) is 10. The van der Waals surface area contributed by atoms with E-state index in [-0.39, 0.29) is 60.8 Å². The molecule has 26 nitrogen and oxygen atoms in total. The normalized spacial score (nSPS) is 15.4. The number of fused-ring (bicyclic) bond motifs is 2. The summed E-state index contributed by atoms with van der Waals surface area (Å²) < 4.78 is 0. The lowest BCUT2D eigenvalue weighted by molar-refractivity contribution is -0.142. The Kier molecular flexibility index (Phi) is 15.5. The minimum Gasteiger partial charge on any atom is -0.481 e. The molecule has 18 N–H and O–H groups in total.